The number of carboxylic acid groups (broad SMARTS) is 1. The lowest BCUT2D eigenvalue weighted by Gasteiger charge is -2.03. The van der Waals surface area contributed by atoms with Gasteiger partial charge in [0, 0.05) is 13.5 Å². The van der Waals surface area contributed by atoms with Gasteiger partial charge in [-0.3, -0.25) is 0 Å². The molecule has 0 amide bonds. The molecule has 0 aromatic carbocycles. The number of methoxy groups -OCH3 is 1. The Hall–Kier alpha value is -2.29. The number of carbonyl (C=O) groups is 1. The largest absolute Gasteiger partial charge is 0.476 e. The first-order chi connectivity index (χ1) is 9.65. The van der Waals surface area contributed by atoms with Gasteiger partial charge in [-0.05, 0) is 6.42 Å². The Morgan fingerprint density at radius 1 is 1.50 bits per heavy atom. The molecule has 0 unspecified atom stereocenters. The molecule has 2 aromatic heterocycles. The average molecular weight is 281 g/mol. The van der Waals surface area contributed by atoms with Gasteiger partial charge in [0.25, 0.3) is 0 Å². The van der Waals surface area contributed by atoms with E-state index in [4.69, 9.17) is 14.4 Å². The summed E-state index contributed by atoms with van der Waals surface area (Å²) < 4.78 is 11.4. The van der Waals surface area contributed by atoms with E-state index in [1.165, 1.54) is 11.8 Å². The van der Waals surface area contributed by atoms with Crippen molar-refractivity contribution in [3.63, 3.8) is 0 Å². The average Bonchev–Trinajstić information content (AvgIpc) is 2.99. The van der Waals surface area contributed by atoms with Crippen molar-refractivity contribution in [3.05, 3.63) is 23.1 Å². The Balaban J connectivity index is 2.21. The highest BCUT2D eigenvalue weighted by Gasteiger charge is 2.20. The van der Waals surface area contributed by atoms with Crippen molar-refractivity contribution in [1.29, 1.82) is 0 Å². The van der Waals surface area contributed by atoms with Crippen LogP contribution in [0.1, 0.15) is 41.2 Å². The van der Waals surface area contributed by atoms with Crippen LogP contribution in [0.5, 0.6) is 0 Å². The maximum Gasteiger partial charge on any atom is 0.358 e. The molecule has 2 rings (SSSR count). The molecule has 2 aromatic rings. The normalized spacial score (nSPS) is 10.9. The summed E-state index contributed by atoms with van der Waals surface area (Å²) in [4.78, 5) is 15.2. The fourth-order valence-corrected chi connectivity index (χ4v) is 1.71. The van der Waals surface area contributed by atoms with Crippen LogP contribution in [0.4, 0.5) is 0 Å². The molecular weight excluding hydrogens is 266 g/mol. The molecule has 0 bridgehead atoms. The zero-order valence-corrected chi connectivity index (χ0v) is 11.2. The molecule has 2 heterocycles. The number of hydrogen-bond acceptors (Lipinski definition) is 7. The highest BCUT2D eigenvalue weighted by atomic mass is 16.5. The molecule has 20 heavy (non-hydrogen) atoms. The molecule has 0 spiro atoms. The molecule has 0 aliphatic carbocycles. The van der Waals surface area contributed by atoms with Crippen LogP contribution in [-0.4, -0.2) is 43.3 Å². The number of hydrogen-bond donors (Lipinski definition) is 1. The second-order valence-electron chi connectivity index (χ2n) is 4.13. The van der Waals surface area contributed by atoms with Crippen LogP contribution < -0.4 is 0 Å². The first-order valence-corrected chi connectivity index (χ1v) is 6.11. The number of aromatic carboxylic acids is 1. The Morgan fingerprint density at radius 3 is 2.95 bits per heavy atom. The van der Waals surface area contributed by atoms with Gasteiger partial charge < -0.3 is 14.4 Å². The SMILES string of the molecule is CCCc1noc(Cn2nnc(C(=O)O)c2COC)n1. The summed E-state index contributed by atoms with van der Waals surface area (Å²) in [5.74, 6) is -0.178. The monoisotopic (exact) mass is 281 g/mol. The molecule has 0 saturated heterocycles. The first kappa shape index (κ1) is 14.1. The van der Waals surface area contributed by atoms with Crippen LogP contribution >= 0.6 is 0 Å². The Labute approximate surface area is 114 Å². The van der Waals surface area contributed by atoms with Crippen molar-refractivity contribution < 1.29 is 19.2 Å². The molecule has 0 aliphatic rings. The molecule has 1 N–H and O–H groups in total. The minimum Gasteiger partial charge on any atom is -0.476 e. The maximum atomic E-state index is 11.0. The molecule has 0 atom stereocenters. The maximum absolute atomic E-state index is 11.0. The minimum atomic E-state index is -1.15. The van der Waals surface area contributed by atoms with E-state index in [0.29, 0.717) is 17.4 Å². The Bertz CT molecular complexity index is 591. The molecule has 9 nitrogen and oxygen atoms in total. The summed E-state index contributed by atoms with van der Waals surface area (Å²) in [6, 6.07) is 0. The third-order valence-electron chi connectivity index (χ3n) is 2.59. The molecule has 0 fully saturated rings. The van der Waals surface area contributed by atoms with Crippen molar-refractivity contribution in [2.24, 2.45) is 0 Å². The molecule has 9 heteroatoms. The molecule has 0 aliphatic heterocycles. The van der Waals surface area contributed by atoms with E-state index in [1.54, 1.807) is 0 Å². The summed E-state index contributed by atoms with van der Waals surface area (Å²) in [5, 5.41) is 20.2. The predicted molar refractivity (Wildman–Crippen MR) is 65.1 cm³/mol. The van der Waals surface area contributed by atoms with Crippen molar-refractivity contribution in [2.75, 3.05) is 7.11 Å². The predicted octanol–water partition coefficient (Wildman–Crippen LogP) is 0.506. The van der Waals surface area contributed by atoms with Gasteiger partial charge in [0.15, 0.2) is 11.5 Å². The number of ether oxygens (including phenoxy) is 1. The minimum absolute atomic E-state index is 0.0879. The topological polar surface area (TPSA) is 116 Å². The second-order valence-corrected chi connectivity index (χ2v) is 4.13. The molecule has 108 valence electrons. The van der Waals surface area contributed by atoms with Crippen LogP contribution in [0.2, 0.25) is 0 Å². The summed E-state index contributed by atoms with van der Waals surface area (Å²) >= 11 is 0. The van der Waals surface area contributed by atoms with E-state index in [9.17, 15) is 4.79 Å². The Kier molecular flexibility index (Phi) is 4.41. The lowest BCUT2D eigenvalue weighted by Crippen LogP contribution is -2.10. The highest BCUT2D eigenvalue weighted by molar-refractivity contribution is 5.86. The summed E-state index contributed by atoms with van der Waals surface area (Å²) in [5.41, 5.74) is 0.218. The fourth-order valence-electron chi connectivity index (χ4n) is 1.71. The van der Waals surface area contributed by atoms with Gasteiger partial charge in [-0.15, -0.1) is 5.10 Å². The first-order valence-electron chi connectivity index (χ1n) is 6.11. The lowest BCUT2D eigenvalue weighted by molar-refractivity contribution is 0.0684. The quantitative estimate of drug-likeness (QED) is 0.780. The van der Waals surface area contributed by atoms with Crippen molar-refractivity contribution in [1.82, 2.24) is 25.1 Å². The van der Waals surface area contributed by atoms with E-state index < -0.39 is 5.97 Å². The number of nitrogens with zero attached hydrogens (tertiary/aromatic N) is 5. The van der Waals surface area contributed by atoms with E-state index >= 15 is 0 Å². The van der Waals surface area contributed by atoms with Crippen LogP contribution in [0, 0.1) is 0 Å². The van der Waals surface area contributed by atoms with Crippen molar-refractivity contribution in [2.45, 2.75) is 32.9 Å². The van der Waals surface area contributed by atoms with Gasteiger partial charge in [-0.25, -0.2) is 9.48 Å². The lowest BCUT2D eigenvalue weighted by atomic mass is 10.3. The number of carboxylic acids is 1. The second kappa shape index (κ2) is 6.24. The van der Waals surface area contributed by atoms with E-state index in [-0.39, 0.29) is 18.8 Å². The third kappa shape index (κ3) is 2.99. The molecular formula is C11H15N5O4. The van der Waals surface area contributed by atoms with Gasteiger partial charge in [-0.1, -0.05) is 17.3 Å². The summed E-state index contributed by atoms with van der Waals surface area (Å²) in [7, 11) is 1.47. The van der Waals surface area contributed by atoms with Crippen LogP contribution in [0.15, 0.2) is 4.52 Å². The van der Waals surface area contributed by atoms with Gasteiger partial charge in [0.2, 0.25) is 5.89 Å². The smallest absolute Gasteiger partial charge is 0.358 e. The van der Waals surface area contributed by atoms with E-state index in [0.717, 1.165) is 12.8 Å². The van der Waals surface area contributed by atoms with Gasteiger partial charge in [0.05, 0.1) is 12.3 Å². The number of rotatable bonds is 7. The number of aryl methyl sites for hydroxylation is 1. The summed E-state index contributed by atoms with van der Waals surface area (Å²) in [6.45, 7) is 2.27. The third-order valence-corrected chi connectivity index (χ3v) is 2.59. The van der Waals surface area contributed by atoms with Crippen LogP contribution in [0.3, 0.4) is 0 Å². The highest BCUT2D eigenvalue weighted by Crippen LogP contribution is 2.10. The van der Waals surface area contributed by atoms with Crippen LogP contribution in [0.25, 0.3) is 0 Å². The summed E-state index contributed by atoms with van der Waals surface area (Å²) in [6.07, 6.45) is 1.65. The van der Waals surface area contributed by atoms with Crippen molar-refractivity contribution >= 4 is 5.97 Å². The zero-order valence-electron chi connectivity index (χ0n) is 11.2. The van der Waals surface area contributed by atoms with Gasteiger partial charge in [-0.2, -0.15) is 4.98 Å². The van der Waals surface area contributed by atoms with Gasteiger partial charge in [0.1, 0.15) is 6.54 Å². The van der Waals surface area contributed by atoms with E-state index in [2.05, 4.69) is 20.5 Å². The standard InChI is InChI=1S/C11H15N5O4/c1-3-4-8-12-9(20-14-8)5-16-7(6-19-2)10(11(17)18)13-15-16/h3-6H2,1-2H3,(H,17,18). The molecule has 0 saturated carbocycles. The molecule has 0 radical (unpaired) electrons. The Morgan fingerprint density at radius 2 is 2.30 bits per heavy atom. The van der Waals surface area contributed by atoms with Crippen molar-refractivity contribution in [3.8, 4) is 0 Å². The van der Waals surface area contributed by atoms with Gasteiger partial charge >= 0.3 is 5.97 Å². The fraction of sp³-hybridized carbons (Fsp3) is 0.545. The number of aromatic nitrogens is 5. The zero-order chi connectivity index (χ0) is 14.5. The van der Waals surface area contributed by atoms with Crippen LogP contribution in [-0.2, 0) is 24.3 Å². The van der Waals surface area contributed by atoms with E-state index in [1.807, 2.05) is 6.92 Å².